The second kappa shape index (κ2) is 7.39. The summed E-state index contributed by atoms with van der Waals surface area (Å²) in [6, 6.07) is 16.9. The SMILES string of the molecule is O=C1CSc2nnc(COc3ccccc3)n2N1Cc1cccc(Cl)c1. The van der Waals surface area contributed by atoms with Crippen LogP contribution in [0.15, 0.2) is 59.8 Å². The molecular formula is C18H15ClN4O2S. The molecule has 1 aromatic heterocycles. The van der Waals surface area contributed by atoms with Crippen molar-refractivity contribution in [3.63, 3.8) is 0 Å². The number of aromatic nitrogens is 3. The molecule has 1 amide bonds. The van der Waals surface area contributed by atoms with E-state index in [9.17, 15) is 4.79 Å². The van der Waals surface area contributed by atoms with Crippen LogP contribution in [-0.4, -0.2) is 26.5 Å². The summed E-state index contributed by atoms with van der Waals surface area (Å²) in [5.41, 5.74) is 0.937. The third kappa shape index (κ3) is 3.54. The van der Waals surface area contributed by atoms with Gasteiger partial charge in [0.15, 0.2) is 5.82 Å². The highest BCUT2D eigenvalue weighted by Crippen LogP contribution is 2.25. The van der Waals surface area contributed by atoms with E-state index in [4.69, 9.17) is 16.3 Å². The predicted molar refractivity (Wildman–Crippen MR) is 99.9 cm³/mol. The third-order valence-corrected chi connectivity index (χ3v) is 5.00. The van der Waals surface area contributed by atoms with Gasteiger partial charge in [-0.1, -0.05) is 53.7 Å². The van der Waals surface area contributed by atoms with E-state index >= 15 is 0 Å². The maximum Gasteiger partial charge on any atom is 0.252 e. The van der Waals surface area contributed by atoms with Crippen molar-refractivity contribution in [3.8, 4) is 5.75 Å². The zero-order valence-electron chi connectivity index (χ0n) is 13.7. The van der Waals surface area contributed by atoms with Gasteiger partial charge in [-0.15, -0.1) is 10.2 Å². The highest BCUT2D eigenvalue weighted by atomic mass is 35.5. The van der Waals surface area contributed by atoms with E-state index in [1.54, 1.807) is 9.69 Å². The molecule has 4 rings (SSSR count). The highest BCUT2D eigenvalue weighted by Gasteiger charge is 2.29. The van der Waals surface area contributed by atoms with Crippen LogP contribution in [0.5, 0.6) is 5.75 Å². The molecule has 0 atom stereocenters. The topological polar surface area (TPSA) is 60.2 Å². The van der Waals surface area contributed by atoms with Crippen LogP contribution in [0.2, 0.25) is 5.02 Å². The molecular weight excluding hydrogens is 372 g/mol. The van der Waals surface area contributed by atoms with Crippen LogP contribution in [0, 0.1) is 0 Å². The quantitative estimate of drug-likeness (QED) is 0.673. The number of thioether (sulfide) groups is 1. The monoisotopic (exact) mass is 386 g/mol. The Hall–Kier alpha value is -2.51. The molecule has 8 heteroatoms. The summed E-state index contributed by atoms with van der Waals surface area (Å²) in [5.74, 6) is 1.63. The van der Waals surface area contributed by atoms with Gasteiger partial charge in [0.05, 0.1) is 12.3 Å². The first-order valence-corrected chi connectivity index (χ1v) is 9.37. The standard InChI is InChI=1S/C18H15ClN4O2S/c19-14-6-4-5-13(9-14)10-22-17(24)12-26-18-21-20-16(23(18)22)11-25-15-7-2-1-3-8-15/h1-9H,10-12H2. The number of hydrogen-bond donors (Lipinski definition) is 0. The number of para-hydroxylation sites is 1. The molecule has 0 radical (unpaired) electrons. The normalized spacial score (nSPS) is 13.6. The van der Waals surface area contributed by atoms with E-state index in [0.717, 1.165) is 11.3 Å². The lowest BCUT2D eigenvalue weighted by Gasteiger charge is -2.29. The average Bonchev–Trinajstić information content (AvgIpc) is 3.07. The van der Waals surface area contributed by atoms with Gasteiger partial charge < -0.3 is 4.74 Å². The molecule has 6 nitrogen and oxygen atoms in total. The number of carbonyl (C=O) groups is 1. The fourth-order valence-electron chi connectivity index (χ4n) is 2.66. The van der Waals surface area contributed by atoms with Crippen LogP contribution in [0.3, 0.4) is 0 Å². The van der Waals surface area contributed by atoms with E-state index in [0.29, 0.717) is 28.3 Å². The zero-order chi connectivity index (χ0) is 17.9. The van der Waals surface area contributed by atoms with Crippen molar-refractivity contribution in [3.05, 3.63) is 71.0 Å². The van der Waals surface area contributed by atoms with E-state index in [2.05, 4.69) is 10.2 Å². The van der Waals surface area contributed by atoms with Gasteiger partial charge in [-0.3, -0.25) is 4.79 Å². The molecule has 0 bridgehead atoms. The van der Waals surface area contributed by atoms with E-state index < -0.39 is 0 Å². The van der Waals surface area contributed by atoms with Crippen LogP contribution < -0.4 is 9.75 Å². The number of halogens is 1. The molecule has 0 spiro atoms. The number of fused-ring (bicyclic) bond motifs is 1. The Kier molecular flexibility index (Phi) is 4.81. The Bertz CT molecular complexity index is 932. The van der Waals surface area contributed by atoms with Gasteiger partial charge in [0.1, 0.15) is 12.4 Å². The highest BCUT2D eigenvalue weighted by molar-refractivity contribution is 7.99. The minimum absolute atomic E-state index is 0.0109. The fraction of sp³-hybridized carbons (Fsp3) is 0.167. The Morgan fingerprint density at radius 1 is 1.12 bits per heavy atom. The Morgan fingerprint density at radius 2 is 1.96 bits per heavy atom. The minimum Gasteiger partial charge on any atom is -0.486 e. The lowest BCUT2D eigenvalue weighted by Crippen LogP contribution is -2.45. The van der Waals surface area contributed by atoms with Crippen molar-refractivity contribution in [1.82, 2.24) is 14.9 Å². The van der Waals surface area contributed by atoms with Gasteiger partial charge in [-0.25, -0.2) is 9.69 Å². The summed E-state index contributed by atoms with van der Waals surface area (Å²) < 4.78 is 7.51. The van der Waals surface area contributed by atoms with Crippen molar-refractivity contribution >= 4 is 29.3 Å². The van der Waals surface area contributed by atoms with Gasteiger partial charge in [-0.05, 0) is 29.8 Å². The third-order valence-electron chi connectivity index (χ3n) is 3.86. The first-order chi connectivity index (χ1) is 12.7. The number of amides is 1. The van der Waals surface area contributed by atoms with Crippen molar-refractivity contribution in [1.29, 1.82) is 0 Å². The van der Waals surface area contributed by atoms with Crippen molar-refractivity contribution in [2.24, 2.45) is 0 Å². The van der Waals surface area contributed by atoms with E-state index in [1.807, 2.05) is 54.6 Å². The summed E-state index contributed by atoms with van der Waals surface area (Å²) in [4.78, 5) is 12.5. The summed E-state index contributed by atoms with van der Waals surface area (Å²) >= 11 is 7.44. The Labute approximate surface area is 159 Å². The molecule has 132 valence electrons. The van der Waals surface area contributed by atoms with Gasteiger partial charge in [0.25, 0.3) is 5.91 Å². The van der Waals surface area contributed by atoms with Crippen LogP contribution >= 0.6 is 23.4 Å². The van der Waals surface area contributed by atoms with E-state index in [-0.39, 0.29) is 12.5 Å². The van der Waals surface area contributed by atoms with Crippen molar-refractivity contribution in [2.75, 3.05) is 10.8 Å². The Balaban J connectivity index is 1.59. The van der Waals surface area contributed by atoms with Crippen LogP contribution in [0.1, 0.15) is 11.4 Å². The molecule has 1 aliphatic heterocycles. The lowest BCUT2D eigenvalue weighted by molar-refractivity contribution is -0.118. The summed E-state index contributed by atoms with van der Waals surface area (Å²) in [5, 5.41) is 11.3. The molecule has 0 saturated heterocycles. The fourth-order valence-corrected chi connectivity index (χ4v) is 3.70. The maximum absolute atomic E-state index is 12.5. The molecule has 0 saturated carbocycles. The number of nitrogens with zero attached hydrogens (tertiary/aromatic N) is 4. The average molecular weight is 387 g/mol. The number of benzene rings is 2. The second-order valence-electron chi connectivity index (χ2n) is 5.68. The van der Waals surface area contributed by atoms with Gasteiger partial charge in [0.2, 0.25) is 5.16 Å². The van der Waals surface area contributed by atoms with Crippen LogP contribution in [-0.2, 0) is 17.9 Å². The number of carbonyl (C=O) groups excluding carboxylic acids is 1. The van der Waals surface area contributed by atoms with Gasteiger partial charge >= 0.3 is 0 Å². The predicted octanol–water partition coefficient (Wildman–Crippen LogP) is 3.28. The first kappa shape index (κ1) is 16.9. The number of rotatable bonds is 5. The summed E-state index contributed by atoms with van der Waals surface area (Å²) in [6.07, 6.45) is 0. The minimum atomic E-state index is -0.0109. The zero-order valence-corrected chi connectivity index (χ0v) is 15.3. The molecule has 2 aromatic carbocycles. The summed E-state index contributed by atoms with van der Waals surface area (Å²) in [6.45, 7) is 0.611. The molecule has 0 fully saturated rings. The van der Waals surface area contributed by atoms with Crippen LogP contribution in [0.25, 0.3) is 0 Å². The molecule has 1 aliphatic rings. The smallest absolute Gasteiger partial charge is 0.252 e. The first-order valence-electron chi connectivity index (χ1n) is 8.01. The molecule has 0 unspecified atom stereocenters. The molecule has 2 heterocycles. The molecule has 3 aromatic rings. The second-order valence-corrected chi connectivity index (χ2v) is 7.06. The molecule has 0 N–H and O–H groups in total. The van der Waals surface area contributed by atoms with E-state index in [1.165, 1.54) is 11.8 Å². The summed E-state index contributed by atoms with van der Waals surface area (Å²) in [7, 11) is 0. The van der Waals surface area contributed by atoms with Crippen molar-refractivity contribution in [2.45, 2.75) is 18.3 Å². The molecule has 26 heavy (non-hydrogen) atoms. The molecule has 0 aliphatic carbocycles. The maximum atomic E-state index is 12.5. The largest absolute Gasteiger partial charge is 0.486 e. The Morgan fingerprint density at radius 3 is 2.77 bits per heavy atom. The van der Waals surface area contributed by atoms with Crippen LogP contribution in [0.4, 0.5) is 0 Å². The number of hydrogen-bond acceptors (Lipinski definition) is 5. The van der Waals surface area contributed by atoms with Gasteiger partial charge in [-0.2, -0.15) is 0 Å². The number of ether oxygens (including phenoxy) is 1. The lowest BCUT2D eigenvalue weighted by atomic mass is 10.2. The van der Waals surface area contributed by atoms with Crippen molar-refractivity contribution < 1.29 is 9.53 Å². The van der Waals surface area contributed by atoms with Gasteiger partial charge in [0, 0.05) is 5.02 Å².